The molecule has 51 heavy (non-hydrogen) atoms. The maximum atomic E-state index is 12.6. The predicted octanol–water partition coefficient (Wildman–Crippen LogP) is 11.8. The second-order valence-electron chi connectivity index (χ2n) is 15.4. The van der Waals surface area contributed by atoms with Gasteiger partial charge in [0.15, 0.2) is 6.10 Å². The fourth-order valence-corrected chi connectivity index (χ4v) is 6.47. The van der Waals surface area contributed by atoms with Crippen molar-refractivity contribution in [2.45, 2.75) is 193 Å². The number of nitrogens with zero attached hydrogens (tertiary/aromatic N) is 1. The van der Waals surface area contributed by atoms with E-state index in [0.717, 1.165) is 44.9 Å². The average molecular weight is 744 g/mol. The van der Waals surface area contributed by atoms with E-state index in [1.165, 1.54) is 122 Å². The lowest BCUT2D eigenvalue weighted by Crippen LogP contribution is -2.37. The molecule has 0 aromatic heterocycles. The highest BCUT2D eigenvalue weighted by Gasteiger charge is 2.20. The van der Waals surface area contributed by atoms with Gasteiger partial charge in [-0.05, 0) is 51.0 Å². The maximum Gasteiger partial charge on any atom is 0.306 e. The van der Waals surface area contributed by atoms with Crippen LogP contribution in [-0.2, 0) is 27.9 Å². The standard InChI is InChI=1S/C42H82NO7P/c1-6-8-10-12-14-16-18-20-22-23-25-27-29-31-33-35-42(44)50-41(40-49-51(45,46)48-38-36-43(3,4)5)39-47-37-34-32-30-28-26-24-21-19-17-15-13-11-9-7-2/h20,22,34,37,41H,6-19,21,23-33,35-36,38-40H2,1-5H3/b22-20-,37-34+. The molecule has 2 unspecified atom stereocenters. The minimum absolute atomic E-state index is 0.0164. The largest absolute Gasteiger partial charge is 0.756 e. The van der Waals surface area contributed by atoms with Gasteiger partial charge in [-0.2, -0.15) is 0 Å². The number of carbonyl (C=O) groups is 1. The van der Waals surface area contributed by atoms with Crippen LogP contribution in [0.4, 0.5) is 0 Å². The zero-order chi connectivity index (χ0) is 37.7. The third-order valence-corrected chi connectivity index (χ3v) is 10.0. The van der Waals surface area contributed by atoms with Gasteiger partial charge in [0.2, 0.25) is 0 Å². The van der Waals surface area contributed by atoms with E-state index in [2.05, 4.69) is 26.0 Å². The zero-order valence-corrected chi connectivity index (χ0v) is 35.0. The molecule has 0 aromatic carbocycles. The smallest absolute Gasteiger partial charge is 0.306 e. The molecule has 302 valence electrons. The Kier molecular flexibility index (Phi) is 35.0. The Balaban J connectivity index is 4.32. The zero-order valence-electron chi connectivity index (χ0n) is 34.1. The first-order valence-electron chi connectivity index (χ1n) is 21.1. The molecule has 0 saturated carbocycles. The Morgan fingerprint density at radius 1 is 0.608 bits per heavy atom. The van der Waals surface area contributed by atoms with Crippen LogP contribution in [0.3, 0.4) is 0 Å². The fourth-order valence-electron chi connectivity index (χ4n) is 5.74. The number of allylic oxidation sites excluding steroid dienone is 3. The van der Waals surface area contributed by atoms with E-state index in [0.29, 0.717) is 17.4 Å². The minimum Gasteiger partial charge on any atom is -0.756 e. The summed E-state index contributed by atoms with van der Waals surface area (Å²) < 4.78 is 34.3. The van der Waals surface area contributed by atoms with Crippen molar-refractivity contribution in [3.8, 4) is 0 Å². The monoisotopic (exact) mass is 744 g/mol. The molecular weight excluding hydrogens is 661 g/mol. The van der Waals surface area contributed by atoms with Crippen LogP contribution in [0.2, 0.25) is 0 Å². The lowest BCUT2D eigenvalue weighted by Gasteiger charge is -2.28. The van der Waals surface area contributed by atoms with E-state index in [-0.39, 0.29) is 25.8 Å². The number of esters is 1. The van der Waals surface area contributed by atoms with Gasteiger partial charge in [0.1, 0.15) is 19.8 Å². The van der Waals surface area contributed by atoms with E-state index in [1.54, 1.807) is 6.26 Å². The molecule has 0 aliphatic rings. The number of hydrogen-bond donors (Lipinski definition) is 0. The van der Waals surface area contributed by atoms with Gasteiger partial charge in [0, 0.05) is 6.42 Å². The first-order valence-corrected chi connectivity index (χ1v) is 22.6. The number of rotatable bonds is 39. The van der Waals surface area contributed by atoms with Gasteiger partial charge in [-0.15, -0.1) is 0 Å². The number of carbonyl (C=O) groups excluding carboxylic acids is 1. The van der Waals surface area contributed by atoms with Crippen molar-refractivity contribution in [1.29, 1.82) is 0 Å². The molecule has 2 atom stereocenters. The molecule has 0 aliphatic carbocycles. The first kappa shape index (κ1) is 49.8. The van der Waals surface area contributed by atoms with Crippen LogP contribution in [0.1, 0.15) is 187 Å². The van der Waals surface area contributed by atoms with Crippen molar-refractivity contribution in [1.82, 2.24) is 0 Å². The third kappa shape index (κ3) is 39.9. The topological polar surface area (TPSA) is 94.1 Å². The molecule has 0 aromatic rings. The molecule has 0 heterocycles. The summed E-state index contributed by atoms with van der Waals surface area (Å²) in [6.07, 6.45) is 39.9. The molecule has 0 bridgehead atoms. The van der Waals surface area contributed by atoms with Gasteiger partial charge in [-0.25, -0.2) is 0 Å². The van der Waals surface area contributed by atoms with Crippen molar-refractivity contribution < 1.29 is 37.3 Å². The highest BCUT2D eigenvalue weighted by molar-refractivity contribution is 7.45. The van der Waals surface area contributed by atoms with Gasteiger partial charge in [0.05, 0.1) is 34.0 Å². The SMILES string of the molecule is CCCCCCCC/C=C\CCCCCCCC(=O)OC(CO/C=C/CCCCCCCCCCCCCC)COP(=O)([O-])OCC[N+](C)(C)C. The van der Waals surface area contributed by atoms with Crippen LogP contribution in [0, 0.1) is 0 Å². The highest BCUT2D eigenvalue weighted by atomic mass is 31.2. The maximum absolute atomic E-state index is 12.6. The summed E-state index contributed by atoms with van der Waals surface area (Å²) in [5.74, 6) is -0.364. The van der Waals surface area contributed by atoms with Crippen molar-refractivity contribution in [3.05, 3.63) is 24.5 Å². The average Bonchev–Trinajstić information content (AvgIpc) is 3.08. The van der Waals surface area contributed by atoms with E-state index in [4.69, 9.17) is 18.5 Å². The lowest BCUT2D eigenvalue weighted by atomic mass is 10.0. The summed E-state index contributed by atoms with van der Waals surface area (Å²) in [6, 6.07) is 0. The second-order valence-corrected chi connectivity index (χ2v) is 16.8. The predicted molar refractivity (Wildman–Crippen MR) is 213 cm³/mol. The molecule has 0 rings (SSSR count). The minimum atomic E-state index is -4.54. The summed E-state index contributed by atoms with van der Waals surface area (Å²) in [4.78, 5) is 25.0. The number of phosphoric acid groups is 1. The molecule has 0 N–H and O–H groups in total. The Morgan fingerprint density at radius 2 is 1.04 bits per heavy atom. The number of ether oxygens (including phenoxy) is 2. The molecule has 9 heteroatoms. The molecule has 8 nitrogen and oxygen atoms in total. The Bertz CT molecular complexity index is 874. The number of unbranched alkanes of at least 4 members (excludes halogenated alkanes) is 23. The summed E-state index contributed by atoms with van der Waals surface area (Å²) in [5.41, 5.74) is 0. The van der Waals surface area contributed by atoms with Crippen molar-refractivity contribution in [2.75, 3.05) is 47.5 Å². The van der Waals surface area contributed by atoms with Crippen LogP contribution in [-0.4, -0.2) is 64.1 Å². The Hall–Kier alpha value is -1.18. The van der Waals surface area contributed by atoms with Gasteiger partial charge in [-0.1, -0.05) is 148 Å². The lowest BCUT2D eigenvalue weighted by molar-refractivity contribution is -0.870. The van der Waals surface area contributed by atoms with Crippen LogP contribution < -0.4 is 4.89 Å². The fraction of sp³-hybridized carbons (Fsp3) is 0.881. The van der Waals surface area contributed by atoms with Gasteiger partial charge < -0.3 is 27.9 Å². The third-order valence-electron chi connectivity index (χ3n) is 9.07. The summed E-state index contributed by atoms with van der Waals surface area (Å²) in [7, 11) is 1.32. The molecule has 0 radical (unpaired) electrons. The summed E-state index contributed by atoms with van der Waals surface area (Å²) >= 11 is 0. The van der Waals surface area contributed by atoms with Crippen molar-refractivity contribution in [3.63, 3.8) is 0 Å². The van der Waals surface area contributed by atoms with E-state index in [9.17, 15) is 14.3 Å². The normalized spacial score (nSPS) is 14.0. The summed E-state index contributed by atoms with van der Waals surface area (Å²) in [5, 5.41) is 0. The second kappa shape index (κ2) is 35.8. The quantitative estimate of drug-likeness (QED) is 0.0154. The molecule has 0 saturated heterocycles. The molecule has 0 fully saturated rings. The van der Waals surface area contributed by atoms with E-state index < -0.39 is 13.9 Å². The van der Waals surface area contributed by atoms with Crippen LogP contribution in [0.15, 0.2) is 24.5 Å². The van der Waals surface area contributed by atoms with Crippen LogP contribution in [0.25, 0.3) is 0 Å². The Morgan fingerprint density at radius 3 is 1.51 bits per heavy atom. The molecule has 0 spiro atoms. The Labute approximate surface area is 315 Å². The molecular formula is C42H82NO7P. The number of quaternary nitrogens is 1. The number of phosphoric ester groups is 1. The molecule has 0 aliphatic heterocycles. The van der Waals surface area contributed by atoms with Crippen molar-refractivity contribution >= 4 is 13.8 Å². The van der Waals surface area contributed by atoms with Gasteiger partial charge in [-0.3, -0.25) is 9.36 Å². The van der Waals surface area contributed by atoms with Crippen molar-refractivity contribution in [2.24, 2.45) is 0 Å². The van der Waals surface area contributed by atoms with E-state index >= 15 is 0 Å². The highest BCUT2D eigenvalue weighted by Crippen LogP contribution is 2.38. The number of hydrogen-bond acceptors (Lipinski definition) is 7. The van der Waals surface area contributed by atoms with Gasteiger partial charge in [0.25, 0.3) is 7.82 Å². The number of likely N-dealkylation sites (N-methyl/N-ethyl adjacent to an activating group) is 1. The van der Waals surface area contributed by atoms with Gasteiger partial charge >= 0.3 is 5.97 Å². The van der Waals surface area contributed by atoms with Crippen LogP contribution in [0.5, 0.6) is 0 Å². The van der Waals surface area contributed by atoms with Crippen LogP contribution >= 0.6 is 7.82 Å². The molecule has 0 amide bonds. The first-order chi connectivity index (χ1) is 24.6. The van der Waals surface area contributed by atoms with E-state index in [1.807, 2.05) is 27.2 Å². The summed E-state index contributed by atoms with van der Waals surface area (Å²) in [6.45, 7) is 4.73.